The van der Waals surface area contributed by atoms with Crippen molar-refractivity contribution in [2.75, 3.05) is 26.0 Å². The van der Waals surface area contributed by atoms with Crippen molar-refractivity contribution in [1.29, 1.82) is 0 Å². The first-order valence-electron chi connectivity index (χ1n) is 6.32. The number of methoxy groups -OCH3 is 1. The number of hydrogen-bond acceptors (Lipinski definition) is 4. The largest absolute Gasteiger partial charge is 0.381 e. The van der Waals surface area contributed by atoms with Gasteiger partial charge in [-0.25, -0.2) is 13.1 Å². The summed E-state index contributed by atoms with van der Waals surface area (Å²) in [6.45, 7) is 1.88. The molecule has 0 aromatic heterocycles. The quantitative estimate of drug-likeness (QED) is 0.736. The zero-order valence-corrected chi connectivity index (χ0v) is 11.1. The predicted molar refractivity (Wildman–Crippen MR) is 66.3 cm³/mol. The van der Waals surface area contributed by atoms with Crippen LogP contribution in [0.3, 0.4) is 0 Å². The van der Waals surface area contributed by atoms with Crippen LogP contribution in [0.2, 0.25) is 0 Å². The molecule has 100 valence electrons. The molecule has 0 amide bonds. The van der Waals surface area contributed by atoms with Crippen LogP contribution in [0.1, 0.15) is 25.7 Å². The summed E-state index contributed by atoms with van der Waals surface area (Å²) in [7, 11) is -1.44. The van der Waals surface area contributed by atoms with Crippen LogP contribution in [-0.4, -0.2) is 46.5 Å². The first-order valence-corrected chi connectivity index (χ1v) is 7.98. The molecule has 1 heterocycles. The lowest BCUT2D eigenvalue weighted by molar-refractivity contribution is 0.0236. The summed E-state index contributed by atoms with van der Waals surface area (Å²) in [4.78, 5) is 0. The van der Waals surface area contributed by atoms with Crippen molar-refractivity contribution in [2.45, 2.75) is 37.8 Å². The maximum absolute atomic E-state index is 11.9. The summed E-state index contributed by atoms with van der Waals surface area (Å²) in [6, 6.07) is 0.0895. The number of piperidine rings is 1. The van der Waals surface area contributed by atoms with Gasteiger partial charge < -0.3 is 10.1 Å². The molecule has 1 saturated heterocycles. The van der Waals surface area contributed by atoms with Gasteiger partial charge in [0.25, 0.3) is 0 Å². The van der Waals surface area contributed by atoms with Gasteiger partial charge in [-0.1, -0.05) is 0 Å². The fraction of sp³-hybridized carbons (Fsp3) is 1.00. The van der Waals surface area contributed by atoms with Gasteiger partial charge in [0.2, 0.25) is 10.0 Å². The van der Waals surface area contributed by atoms with E-state index in [0.29, 0.717) is 5.92 Å². The Morgan fingerprint density at radius 1 is 1.29 bits per heavy atom. The molecule has 2 rings (SSSR count). The Kier molecular flexibility index (Phi) is 4.41. The van der Waals surface area contributed by atoms with Gasteiger partial charge in [0.05, 0.1) is 11.9 Å². The van der Waals surface area contributed by atoms with Crippen molar-refractivity contribution in [1.82, 2.24) is 10.0 Å². The second-order valence-corrected chi connectivity index (χ2v) is 6.92. The topological polar surface area (TPSA) is 67.4 Å². The smallest absolute Gasteiger partial charge is 0.212 e. The molecule has 2 aliphatic rings. The molecule has 0 bridgehead atoms. The average Bonchev–Trinajstić information content (AvgIpc) is 2.23. The Morgan fingerprint density at radius 2 is 1.94 bits per heavy atom. The lowest BCUT2D eigenvalue weighted by atomic mass is 9.90. The highest BCUT2D eigenvalue weighted by molar-refractivity contribution is 7.89. The van der Waals surface area contributed by atoms with Crippen molar-refractivity contribution < 1.29 is 13.2 Å². The Bertz CT molecular complexity index is 333. The normalized spacial score (nSPS) is 31.1. The van der Waals surface area contributed by atoms with Crippen molar-refractivity contribution in [2.24, 2.45) is 5.92 Å². The van der Waals surface area contributed by atoms with E-state index in [0.717, 1.165) is 38.8 Å². The zero-order valence-electron chi connectivity index (χ0n) is 10.3. The van der Waals surface area contributed by atoms with Gasteiger partial charge in [0.15, 0.2) is 0 Å². The molecular weight excluding hydrogens is 240 g/mol. The summed E-state index contributed by atoms with van der Waals surface area (Å²) in [5, 5.41) is 3.25. The molecule has 0 aromatic rings. The van der Waals surface area contributed by atoms with Crippen LogP contribution in [0.15, 0.2) is 0 Å². The Morgan fingerprint density at radius 3 is 2.53 bits per heavy atom. The van der Waals surface area contributed by atoms with Gasteiger partial charge in [-0.15, -0.1) is 0 Å². The molecule has 17 heavy (non-hydrogen) atoms. The molecule has 2 fully saturated rings. The summed E-state index contributed by atoms with van der Waals surface area (Å²) in [5.41, 5.74) is 0. The highest BCUT2D eigenvalue weighted by Crippen LogP contribution is 2.24. The van der Waals surface area contributed by atoms with E-state index < -0.39 is 10.0 Å². The van der Waals surface area contributed by atoms with E-state index >= 15 is 0 Å². The van der Waals surface area contributed by atoms with Crippen molar-refractivity contribution in [3.8, 4) is 0 Å². The van der Waals surface area contributed by atoms with Crippen LogP contribution >= 0.6 is 0 Å². The van der Waals surface area contributed by atoms with E-state index in [1.54, 1.807) is 7.11 Å². The SMILES string of the molecule is COC1CC(NS(=O)(=O)CC2CCNCC2)C1. The molecule has 2 N–H and O–H groups in total. The van der Waals surface area contributed by atoms with Crippen LogP contribution < -0.4 is 10.0 Å². The third-order valence-electron chi connectivity index (χ3n) is 3.69. The molecule has 1 saturated carbocycles. The fourth-order valence-corrected chi connectivity index (χ4v) is 4.27. The minimum atomic E-state index is -3.11. The van der Waals surface area contributed by atoms with E-state index in [-0.39, 0.29) is 17.9 Å². The highest BCUT2D eigenvalue weighted by atomic mass is 32.2. The maximum Gasteiger partial charge on any atom is 0.212 e. The number of sulfonamides is 1. The van der Waals surface area contributed by atoms with Gasteiger partial charge in [-0.05, 0) is 44.7 Å². The summed E-state index contributed by atoms with van der Waals surface area (Å²) >= 11 is 0. The Labute approximate surface area is 103 Å². The molecule has 0 aromatic carbocycles. The molecule has 0 unspecified atom stereocenters. The van der Waals surface area contributed by atoms with E-state index in [2.05, 4.69) is 10.0 Å². The minimum absolute atomic E-state index is 0.0895. The first-order chi connectivity index (χ1) is 8.09. The van der Waals surface area contributed by atoms with Crippen LogP contribution in [0.5, 0.6) is 0 Å². The zero-order chi connectivity index (χ0) is 12.3. The van der Waals surface area contributed by atoms with Crippen molar-refractivity contribution in [3.05, 3.63) is 0 Å². The standard InChI is InChI=1S/C11H22N2O3S/c1-16-11-6-10(7-11)13-17(14,15)8-9-2-4-12-5-3-9/h9-13H,2-8H2,1H3. The van der Waals surface area contributed by atoms with E-state index in [4.69, 9.17) is 4.74 Å². The molecule has 5 nitrogen and oxygen atoms in total. The maximum atomic E-state index is 11.9. The molecular formula is C11H22N2O3S. The Balaban J connectivity index is 1.74. The third kappa shape index (κ3) is 3.91. The van der Waals surface area contributed by atoms with Crippen LogP contribution in [0, 0.1) is 5.92 Å². The van der Waals surface area contributed by atoms with Crippen LogP contribution in [0.4, 0.5) is 0 Å². The van der Waals surface area contributed by atoms with Gasteiger partial charge in [0, 0.05) is 13.2 Å². The average molecular weight is 262 g/mol. The molecule has 0 atom stereocenters. The van der Waals surface area contributed by atoms with Crippen molar-refractivity contribution >= 4 is 10.0 Å². The summed E-state index contributed by atoms with van der Waals surface area (Å²) in [5.74, 6) is 0.593. The highest BCUT2D eigenvalue weighted by Gasteiger charge is 2.33. The van der Waals surface area contributed by atoms with Crippen molar-refractivity contribution in [3.63, 3.8) is 0 Å². The first kappa shape index (κ1) is 13.3. The Hall–Kier alpha value is -0.170. The number of ether oxygens (including phenoxy) is 1. The summed E-state index contributed by atoms with van der Waals surface area (Å²) < 4.78 is 31.8. The van der Waals surface area contributed by atoms with Crippen LogP contribution in [-0.2, 0) is 14.8 Å². The van der Waals surface area contributed by atoms with Gasteiger partial charge in [-0.3, -0.25) is 0 Å². The summed E-state index contributed by atoms with van der Waals surface area (Å²) in [6.07, 6.45) is 3.78. The predicted octanol–water partition coefficient (Wildman–Crippen LogP) is 0.0828. The fourth-order valence-electron chi connectivity index (χ4n) is 2.52. The third-order valence-corrected chi connectivity index (χ3v) is 5.29. The van der Waals surface area contributed by atoms with E-state index in [1.807, 2.05) is 0 Å². The molecule has 0 radical (unpaired) electrons. The second-order valence-electron chi connectivity index (χ2n) is 5.12. The molecule has 0 spiro atoms. The second kappa shape index (κ2) is 5.65. The molecule has 1 aliphatic heterocycles. The lowest BCUT2D eigenvalue weighted by Gasteiger charge is -2.34. The number of rotatable bonds is 5. The molecule has 6 heteroatoms. The van der Waals surface area contributed by atoms with Gasteiger partial charge in [-0.2, -0.15) is 0 Å². The van der Waals surface area contributed by atoms with E-state index in [1.165, 1.54) is 0 Å². The monoisotopic (exact) mass is 262 g/mol. The number of hydrogen-bond donors (Lipinski definition) is 2. The minimum Gasteiger partial charge on any atom is -0.381 e. The van der Waals surface area contributed by atoms with Gasteiger partial charge >= 0.3 is 0 Å². The van der Waals surface area contributed by atoms with Gasteiger partial charge in [0.1, 0.15) is 0 Å². The van der Waals surface area contributed by atoms with E-state index in [9.17, 15) is 8.42 Å². The number of nitrogens with one attached hydrogen (secondary N) is 2. The van der Waals surface area contributed by atoms with Crippen LogP contribution in [0.25, 0.3) is 0 Å². The lowest BCUT2D eigenvalue weighted by Crippen LogP contribution is -2.49. The molecule has 1 aliphatic carbocycles.